The van der Waals surface area contributed by atoms with Crippen molar-refractivity contribution >= 4 is 54.5 Å². The summed E-state index contributed by atoms with van der Waals surface area (Å²) in [7, 11) is 0. The summed E-state index contributed by atoms with van der Waals surface area (Å²) in [5.41, 5.74) is 7.27. The van der Waals surface area contributed by atoms with Crippen molar-refractivity contribution in [1.82, 2.24) is 29.1 Å². The van der Waals surface area contributed by atoms with Crippen LogP contribution < -0.4 is 0 Å². The molecule has 9 rings (SSSR count). The molecular weight excluding hydrogens is 516 g/mol. The molecule has 0 aliphatic rings. The molecule has 0 unspecified atom stereocenters. The maximum Gasteiger partial charge on any atom is 0.238 e. The van der Waals surface area contributed by atoms with Crippen LogP contribution in [-0.2, 0) is 0 Å². The van der Waals surface area contributed by atoms with Crippen LogP contribution in [-0.4, -0.2) is 29.1 Å². The van der Waals surface area contributed by atoms with E-state index in [4.69, 9.17) is 15.0 Å². The lowest BCUT2D eigenvalue weighted by atomic mass is 10.1. The minimum Gasteiger partial charge on any atom is -0.307 e. The molecule has 0 spiro atoms. The van der Waals surface area contributed by atoms with Crippen LogP contribution in [0.2, 0.25) is 0 Å². The Morgan fingerprint density at radius 1 is 0.500 bits per heavy atom. The van der Waals surface area contributed by atoms with Crippen LogP contribution in [0.15, 0.2) is 134 Å². The van der Waals surface area contributed by atoms with E-state index < -0.39 is 0 Å². The molecule has 5 aromatic carbocycles. The van der Waals surface area contributed by atoms with Crippen LogP contribution in [0.3, 0.4) is 0 Å². The molecule has 0 saturated carbocycles. The fraction of sp³-hybridized carbons (Fsp3) is 0. The molecule has 42 heavy (non-hydrogen) atoms. The molecule has 0 fully saturated rings. The van der Waals surface area contributed by atoms with E-state index in [1.165, 1.54) is 10.8 Å². The predicted octanol–water partition coefficient (Wildman–Crippen LogP) is 8.28. The topological polar surface area (TPSA) is 61.4 Å². The Bertz CT molecular complexity index is 2460. The molecule has 0 N–H and O–H groups in total. The van der Waals surface area contributed by atoms with Crippen LogP contribution in [0.4, 0.5) is 0 Å². The SMILES string of the molecule is c1ccc(-c2ncnc(-n3c4ccc5cccnc5c4c4ccc5c6ccccc6n(-c6ccccc6)c5c43)n2)cc1. The first kappa shape index (κ1) is 22.9. The molecule has 9 aromatic rings. The smallest absolute Gasteiger partial charge is 0.238 e. The Morgan fingerprint density at radius 3 is 2.14 bits per heavy atom. The van der Waals surface area contributed by atoms with Crippen LogP contribution in [0.25, 0.3) is 77.5 Å². The van der Waals surface area contributed by atoms with Crippen molar-refractivity contribution in [3.63, 3.8) is 0 Å². The number of fused-ring (bicyclic) bond motifs is 9. The molecular formula is C36H22N6. The Labute approximate surface area is 240 Å². The van der Waals surface area contributed by atoms with E-state index in [9.17, 15) is 0 Å². The largest absolute Gasteiger partial charge is 0.307 e. The van der Waals surface area contributed by atoms with Crippen molar-refractivity contribution in [1.29, 1.82) is 0 Å². The van der Waals surface area contributed by atoms with Gasteiger partial charge in [0.2, 0.25) is 5.95 Å². The predicted molar refractivity (Wildman–Crippen MR) is 169 cm³/mol. The molecule has 0 aliphatic carbocycles. The highest BCUT2D eigenvalue weighted by atomic mass is 15.2. The van der Waals surface area contributed by atoms with Crippen molar-refractivity contribution in [2.75, 3.05) is 0 Å². The normalized spacial score (nSPS) is 11.8. The van der Waals surface area contributed by atoms with Crippen LogP contribution >= 0.6 is 0 Å². The summed E-state index contributed by atoms with van der Waals surface area (Å²) < 4.78 is 4.55. The monoisotopic (exact) mass is 538 g/mol. The van der Waals surface area contributed by atoms with Gasteiger partial charge < -0.3 is 4.57 Å². The second-order valence-corrected chi connectivity index (χ2v) is 10.4. The van der Waals surface area contributed by atoms with Crippen LogP contribution in [0, 0.1) is 0 Å². The van der Waals surface area contributed by atoms with Crippen LogP contribution in [0.5, 0.6) is 0 Å². The minimum atomic E-state index is 0.566. The Balaban J connectivity index is 1.52. The van der Waals surface area contributed by atoms with E-state index >= 15 is 0 Å². The summed E-state index contributed by atoms with van der Waals surface area (Å²) in [5.74, 6) is 1.20. The molecule has 196 valence electrons. The lowest BCUT2D eigenvalue weighted by Gasteiger charge is -2.11. The highest BCUT2D eigenvalue weighted by Gasteiger charge is 2.23. The highest BCUT2D eigenvalue weighted by Crippen LogP contribution is 2.42. The Morgan fingerprint density at radius 2 is 1.26 bits per heavy atom. The van der Waals surface area contributed by atoms with Gasteiger partial charge in [0.05, 0.1) is 27.6 Å². The van der Waals surface area contributed by atoms with Gasteiger partial charge in [0, 0.05) is 44.4 Å². The number of hydrogen-bond donors (Lipinski definition) is 0. The number of aromatic nitrogens is 6. The van der Waals surface area contributed by atoms with Gasteiger partial charge in [0.1, 0.15) is 6.33 Å². The van der Waals surface area contributed by atoms with Gasteiger partial charge in [-0.3, -0.25) is 9.55 Å². The maximum absolute atomic E-state index is 5.04. The number of para-hydroxylation sites is 2. The van der Waals surface area contributed by atoms with E-state index in [0.29, 0.717) is 11.8 Å². The molecule has 0 bridgehead atoms. The molecule has 0 radical (unpaired) electrons. The molecule has 0 aliphatic heterocycles. The fourth-order valence-electron chi connectivity index (χ4n) is 6.35. The molecule has 6 heteroatoms. The third kappa shape index (κ3) is 3.20. The third-order valence-corrected chi connectivity index (χ3v) is 8.10. The van der Waals surface area contributed by atoms with Gasteiger partial charge in [0.15, 0.2) is 5.82 Å². The zero-order valence-electron chi connectivity index (χ0n) is 22.4. The van der Waals surface area contributed by atoms with E-state index in [1.54, 1.807) is 6.33 Å². The van der Waals surface area contributed by atoms with Crippen molar-refractivity contribution in [3.05, 3.63) is 134 Å². The number of benzene rings is 5. The van der Waals surface area contributed by atoms with Crippen molar-refractivity contribution in [3.8, 4) is 23.0 Å². The summed E-state index contributed by atoms with van der Waals surface area (Å²) in [6, 6.07) is 42.0. The average molecular weight is 539 g/mol. The molecule has 0 saturated heterocycles. The Kier molecular flexibility index (Phi) is 4.80. The number of hydrogen-bond acceptors (Lipinski definition) is 4. The highest BCUT2D eigenvalue weighted by molar-refractivity contribution is 6.27. The molecule has 0 atom stereocenters. The summed E-state index contributed by atoms with van der Waals surface area (Å²) in [6.45, 7) is 0. The Hall–Kier alpha value is -5.88. The zero-order chi connectivity index (χ0) is 27.6. The molecule has 6 nitrogen and oxygen atoms in total. The van der Waals surface area contributed by atoms with E-state index in [-0.39, 0.29) is 0 Å². The maximum atomic E-state index is 5.04. The first-order valence-electron chi connectivity index (χ1n) is 13.9. The summed E-state index contributed by atoms with van der Waals surface area (Å²) in [4.78, 5) is 19.2. The van der Waals surface area contributed by atoms with Gasteiger partial charge in [0.25, 0.3) is 0 Å². The van der Waals surface area contributed by atoms with Gasteiger partial charge in [-0.15, -0.1) is 0 Å². The summed E-state index contributed by atoms with van der Waals surface area (Å²) >= 11 is 0. The zero-order valence-corrected chi connectivity index (χ0v) is 22.4. The average Bonchev–Trinajstić information content (AvgIpc) is 3.59. The lowest BCUT2D eigenvalue weighted by molar-refractivity contribution is 0.947. The number of pyridine rings is 1. The van der Waals surface area contributed by atoms with Crippen molar-refractivity contribution < 1.29 is 0 Å². The molecule has 0 amide bonds. The first-order valence-corrected chi connectivity index (χ1v) is 13.9. The quantitative estimate of drug-likeness (QED) is 0.227. The van der Waals surface area contributed by atoms with Crippen LogP contribution in [0.1, 0.15) is 0 Å². The van der Waals surface area contributed by atoms with Gasteiger partial charge in [-0.2, -0.15) is 4.98 Å². The fourth-order valence-corrected chi connectivity index (χ4v) is 6.35. The third-order valence-electron chi connectivity index (χ3n) is 8.10. The second-order valence-electron chi connectivity index (χ2n) is 10.4. The van der Waals surface area contributed by atoms with Gasteiger partial charge in [-0.1, -0.05) is 91.0 Å². The van der Waals surface area contributed by atoms with Crippen molar-refractivity contribution in [2.24, 2.45) is 0 Å². The second kappa shape index (κ2) is 8.81. The van der Waals surface area contributed by atoms with Gasteiger partial charge >= 0.3 is 0 Å². The lowest BCUT2D eigenvalue weighted by Crippen LogP contribution is -2.04. The number of nitrogens with zero attached hydrogens (tertiary/aromatic N) is 6. The van der Waals surface area contributed by atoms with Crippen molar-refractivity contribution in [2.45, 2.75) is 0 Å². The van der Waals surface area contributed by atoms with Gasteiger partial charge in [-0.25, -0.2) is 9.97 Å². The van der Waals surface area contributed by atoms with E-state index in [1.807, 2.05) is 42.6 Å². The van der Waals surface area contributed by atoms with Gasteiger partial charge in [-0.05, 0) is 30.3 Å². The first-order chi connectivity index (χ1) is 20.9. The summed E-state index contributed by atoms with van der Waals surface area (Å²) in [5, 5.41) is 5.63. The number of rotatable bonds is 3. The van der Waals surface area contributed by atoms with E-state index in [2.05, 4.69) is 99.0 Å². The summed E-state index contributed by atoms with van der Waals surface area (Å²) in [6.07, 6.45) is 3.47. The molecule has 4 aromatic heterocycles. The molecule has 4 heterocycles. The standard InChI is InChI=1S/C36H22N6/c1-3-10-24(11-4-1)35-38-22-39-36(40-35)42-30-20-17-23-12-9-21-37-32(23)31(30)28-19-18-27-26-15-7-8-16-29(26)41(33(27)34(28)42)25-13-5-2-6-14-25/h1-22H. The van der Waals surface area contributed by atoms with E-state index in [0.717, 1.165) is 55.0 Å². The minimum absolute atomic E-state index is 0.566.